The van der Waals surface area contributed by atoms with Crippen molar-refractivity contribution in [2.45, 2.75) is 57.0 Å². The third-order valence-corrected chi connectivity index (χ3v) is 6.87. The molecule has 0 aromatic carbocycles. The summed E-state index contributed by atoms with van der Waals surface area (Å²) < 4.78 is 15.5. The van der Waals surface area contributed by atoms with Gasteiger partial charge in [-0.05, 0) is 64.6 Å². The largest absolute Gasteiger partial charge is 0.379 e. The van der Waals surface area contributed by atoms with Gasteiger partial charge in [-0.3, -0.25) is 14.6 Å². The van der Waals surface area contributed by atoms with E-state index in [0.717, 1.165) is 50.4 Å². The topological polar surface area (TPSA) is 117 Å². The van der Waals surface area contributed by atoms with Crippen LogP contribution in [0.25, 0.3) is 5.65 Å². The zero-order valence-electron chi connectivity index (χ0n) is 21.2. The Hall–Kier alpha value is -3.60. The summed E-state index contributed by atoms with van der Waals surface area (Å²) >= 11 is 0. The molecule has 2 aliphatic carbocycles. The van der Waals surface area contributed by atoms with Crippen LogP contribution >= 0.6 is 0 Å². The summed E-state index contributed by atoms with van der Waals surface area (Å²) in [5.41, 5.74) is 1.59. The molecule has 0 atom stereocenters. The number of nitrogens with zero attached hydrogens (tertiary/aromatic N) is 5. The first-order chi connectivity index (χ1) is 17.9. The Labute approximate surface area is 215 Å². The Morgan fingerprint density at radius 3 is 2.49 bits per heavy atom. The molecule has 0 saturated heterocycles. The van der Waals surface area contributed by atoms with Gasteiger partial charge in [-0.15, -0.1) is 5.10 Å². The van der Waals surface area contributed by atoms with E-state index in [-0.39, 0.29) is 17.4 Å². The number of nitrogens with one attached hydrogen (secondary N) is 3. The molecule has 2 fully saturated rings. The van der Waals surface area contributed by atoms with Gasteiger partial charge in [0, 0.05) is 30.8 Å². The molecule has 3 aromatic heterocycles. The number of ketones is 1. The maximum atomic E-state index is 14.0. The molecule has 2 saturated carbocycles. The molecule has 3 heterocycles. The third kappa shape index (κ3) is 6.22. The van der Waals surface area contributed by atoms with Crippen LogP contribution in [0.4, 0.5) is 21.6 Å². The van der Waals surface area contributed by atoms with E-state index in [9.17, 15) is 14.0 Å². The Morgan fingerprint density at radius 2 is 1.78 bits per heavy atom. The molecule has 1 amide bonds. The first-order valence-electron chi connectivity index (χ1n) is 12.8. The van der Waals surface area contributed by atoms with Gasteiger partial charge in [-0.2, -0.15) is 0 Å². The quantitative estimate of drug-likeness (QED) is 0.381. The van der Waals surface area contributed by atoms with E-state index in [2.05, 4.69) is 31.0 Å². The van der Waals surface area contributed by atoms with Gasteiger partial charge in [0.25, 0.3) is 5.91 Å². The van der Waals surface area contributed by atoms with E-state index in [4.69, 9.17) is 0 Å². The van der Waals surface area contributed by atoms with E-state index >= 15 is 0 Å². The van der Waals surface area contributed by atoms with E-state index in [1.165, 1.54) is 23.0 Å². The summed E-state index contributed by atoms with van der Waals surface area (Å²) in [7, 11) is 3.84. The average Bonchev–Trinajstić information content (AvgIpc) is 3.56. The van der Waals surface area contributed by atoms with Crippen molar-refractivity contribution in [3.63, 3.8) is 0 Å². The fraction of sp³-hybridized carbons (Fsp3) is 0.500. The van der Waals surface area contributed by atoms with Crippen molar-refractivity contribution < 1.29 is 14.0 Å². The molecule has 3 N–H and O–H groups in total. The standard InChI is InChI=1S/C26H33FN8O2/c1-34(2)15-19(36)11-16-3-5-18(6-4-16)31-24-12-22(30-17-7-8-17)25-29-14-23(35(25)33-24)26(37)32-21-9-10-28-13-20(21)27/h9-10,12-14,16-18,30H,3-8,11,15H2,1-2H3,(H,31,33)(H,28,32,37). The van der Waals surface area contributed by atoms with E-state index in [1.807, 2.05) is 25.1 Å². The molecule has 37 heavy (non-hydrogen) atoms. The molecule has 2 aliphatic rings. The van der Waals surface area contributed by atoms with Gasteiger partial charge in [0.15, 0.2) is 17.2 Å². The minimum Gasteiger partial charge on any atom is -0.379 e. The van der Waals surface area contributed by atoms with Crippen molar-refractivity contribution in [3.8, 4) is 0 Å². The van der Waals surface area contributed by atoms with Gasteiger partial charge in [-0.1, -0.05) is 0 Å². The van der Waals surface area contributed by atoms with Crippen LogP contribution in [-0.2, 0) is 4.79 Å². The molecule has 196 valence electrons. The van der Waals surface area contributed by atoms with Crippen molar-refractivity contribution in [3.05, 3.63) is 42.2 Å². The maximum absolute atomic E-state index is 14.0. The van der Waals surface area contributed by atoms with Crippen LogP contribution in [0, 0.1) is 11.7 Å². The molecular formula is C26H33FN8O2. The molecule has 11 heteroatoms. The number of hydrogen-bond acceptors (Lipinski definition) is 8. The molecular weight excluding hydrogens is 475 g/mol. The number of pyridine rings is 1. The van der Waals surface area contributed by atoms with Gasteiger partial charge in [-0.25, -0.2) is 13.9 Å². The minimum absolute atomic E-state index is 0.0429. The number of carbonyl (C=O) groups excluding carboxylic acids is 2. The normalized spacial score (nSPS) is 19.7. The zero-order valence-corrected chi connectivity index (χ0v) is 21.2. The highest BCUT2D eigenvalue weighted by molar-refractivity contribution is 6.03. The molecule has 5 rings (SSSR count). The van der Waals surface area contributed by atoms with Crippen molar-refractivity contribution in [1.82, 2.24) is 24.5 Å². The smallest absolute Gasteiger partial charge is 0.276 e. The summed E-state index contributed by atoms with van der Waals surface area (Å²) in [5.74, 6) is 0.231. The van der Waals surface area contributed by atoms with Crippen molar-refractivity contribution in [2.24, 2.45) is 5.92 Å². The van der Waals surface area contributed by atoms with Crippen molar-refractivity contribution in [2.75, 3.05) is 36.6 Å². The second kappa shape index (κ2) is 10.8. The average molecular weight is 509 g/mol. The van der Waals surface area contributed by atoms with Crippen LogP contribution in [0.5, 0.6) is 0 Å². The lowest BCUT2D eigenvalue weighted by Crippen LogP contribution is -2.29. The van der Waals surface area contributed by atoms with E-state index < -0.39 is 11.7 Å². The number of likely N-dealkylation sites (N-methyl/N-ethyl adjacent to an activating group) is 1. The van der Waals surface area contributed by atoms with E-state index in [0.29, 0.717) is 42.2 Å². The fourth-order valence-electron chi connectivity index (χ4n) is 4.87. The van der Waals surface area contributed by atoms with Crippen molar-refractivity contribution >= 4 is 34.5 Å². The summed E-state index contributed by atoms with van der Waals surface area (Å²) in [5, 5.41) is 14.3. The van der Waals surface area contributed by atoms with Crippen LogP contribution in [-0.4, -0.2) is 68.9 Å². The number of hydrogen-bond donors (Lipinski definition) is 3. The Balaban J connectivity index is 1.31. The van der Waals surface area contributed by atoms with Crippen LogP contribution < -0.4 is 16.0 Å². The summed E-state index contributed by atoms with van der Waals surface area (Å²) in [4.78, 5) is 35.3. The molecule has 0 unspecified atom stereocenters. The molecule has 3 aromatic rings. The van der Waals surface area contributed by atoms with Crippen LogP contribution in [0.2, 0.25) is 0 Å². The second-order valence-corrected chi connectivity index (χ2v) is 10.4. The van der Waals surface area contributed by atoms with Crippen LogP contribution in [0.1, 0.15) is 55.4 Å². The molecule has 10 nitrogen and oxygen atoms in total. The predicted molar refractivity (Wildman–Crippen MR) is 139 cm³/mol. The number of imidazole rings is 1. The first-order valence-corrected chi connectivity index (χ1v) is 12.8. The summed E-state index contributed by atoms with van der Waals surface area (Å²) in [6.07, 6.45) is 10.6. The van der Waals surface area contributed by atoms with Crippen LogP contribution in [0.3, 0.4) is 0 Å². The lowest BCUT2D eigenvalue weighted by Gasteiger charge is -2.29. The Kier molecular flexibility index (Phi) is 7.31. The monoisotopic (exact) mass is 508 g/mol. The number of anilines is 3. The molecule has 0 bridgehead atoms. The maximum Gasteiger partial charge on any atom is 0.276 e. The first kappa shape index (κ1) is 25.1. The molecule has 0 radical (unpaired) electrons. The van der Waals surface area contributed by atoms with Crippen molar-refractivity contribution in [1.29, 1.82) is 0 Å². The molecule has 0 aliphatic heterocycles. The number of Topliss-reactive ketones (excluding diaryl/α,β-unsaturated/α-hetero) is 1. The van der Waals surface area contributed by atoms with Gasteiger partial charge in [0.1, 0.15) is 11.6 Å². The number of aromatic nitrogens is 4. The lowest BCUT2D eigenvalue weighted by atomic mass is 9.83. The summed E-state index contributed by atoms with van der Waals surface area (Å²) in [6, 6.07) is 3.96. The number of rotatable bonds is 10. The number of carbonyl (C=O) groups is 2. The lowest BCUT2D eigenvalue weighted by molar-refractivity contribution is -0.120. The number of fused-ring (bicyclic) bond motifs is 1. The van der Waals surface area contributed by atoms with Gasteiger partial charge in [0.2, 0.25) is 0 Å². The highest BCUT2D eigenvalue weighted by Crippen LogP contribution is 2.31. The van der Waals surface area contributed by atoms with Crippen LogP contribution in [0.15, 0.2) is 30.7 Å². The van der Waals surface area contributed by atoms with Gasteiger partial charge < -0.3 is 20.9 Å². The van der Waals surface area contributed by atoms with Gasteiger partial charge >= 0.3 is 0 Å². The Bertz CT molecular complexity index is 1280. The minimum atomic E-state index is -0.616. The fourth-order valence-corrected chi connectivity index (χ4v) is 4.87. The summed E-state index contributed by atoms with van der Waals surface area (Å²) in [6.45, 7) is 0.494. The molecule has 0 spiro atoms. The highest BCUT2D eigenvalue weighted by atomic mass is 19.1. The predicted octanol–water partition coefficient (Wildman–Crippen LogP) is 3.58. The SMILES string of the molecule is CN(C)CC(=O)CC1CCC(Nc2cc(NC3CC3)c3ncc(C(=O)Nc4ccncc4F)n3n2)CC1. The highest BCUT2D eigenvalue weighted by Gasteiger charge is 2.26. The Morgan fingerprint density at radius 1 is 1.05 bits per heavy atom. The third-order valence-electron chi connectivity index (χ3n) is 6.87. The van der Waals surface area contributed by atoms with Gasteiger partial charge in [0.05, 0.1) is 30.3 Å². The second-order valence-electron chi connectivity index (χ2n) is 10.4. The number of halogens is 1. The zero-order chi connectivity index (χ0) is 25.9. The van der Waals surface area contributed by atoms with E-state index in [1.54, 1.807) is 0 Å². The number of amides is 1.